The first-order valence-electron chi connectivity index (χ1n) is 11.7. The van der Waals surface area contributed by atoms with Crippen LogP contribution in [-0.4, -0.2) is 37.0 Å². The van der Waals surface area contributed by atoms with Crippen molar-refractivity contribution in [1.82, 2.24) is 0 Å². The summed E-state index contributed by atoms with van der Waals surface area (Å²) in [5, 5.41) is 21.3. The summed E-state index contributed by atoms with van der Waals surface area (Å²) in [5.41, 5.74) is 5.83. The summed E-state index contributed by atoms with van der Waals surface area (Å²) in [7, 11) is 0. The average molecular weight is 448 g/mol. The van der Waals surface area contributed by atoms with Gasteiger partial charge in [0.1, 0.15) is 6.07 Å². The number of fused-ring (bicyclic) bond motifs is 1. The number of ether oxygens (including phenoxy) is 2. The van der Waals surface area contributed by atoms with Gasteiger partial charge in [-0.05, 0) is 59.7 Å². The fourth-order valence-corrected chi connectivity index (χ4v) is 5.25. The largest absolute Gasteiger partial charge is 0.370 e. The number of nitro groups is 1. The number of benzene rings is 2. The van der Waals surface area contributed by atoms with Gasteiger partial charge in [-0.3, -0.25) is 10.1 Å². The fourth-order valence-electron chi connectivity index (χ4n) is 5.25. The second-order valence-corrected chi connectivity index (χ2v) is 10.2. The number of hydrogen-bond donors (Lipinski definition) is 0. The molecule has 3 aliphatic rings. The highest BCUT2D eigenvalue weighted by molar-refractivity contribution is 5.79. The molecule has 0 atom stereocenters. The van der Waals surface area contributed by atoms with E-state index in [9.17, 15) is 15.4 Å². The van der Waals surface area contributed by atoms with Crippen molar-refractivity contribution < 1.29 is 14.4 Å². The Balaban J connectivity index is 1.63. The molecule has 2 heterocycles. The highest BCUT2D eigenvalue weighted by atomic mass is 16.7. The number of anilines is 1. The standard InChI is InChI=1S/C26H29N3O4/c1-25(2)16-32-26(33-17-25)10-9-20-22(14-26)21(18-5-7-19(8-6-18)29(30)31)13-24(23(20)15-27)28-11-3-4-12-28/h5-8,13H,3-4,9-12,14,16-17H2,1-2H3. The van der Waals surface area contributed by atoms with E-state index in [1.807, 2.05) is 0 Å². The predicted molar refractivity (Wildman–Crippen MR) is 125 cm³/mol. The van der Waals surface area contributed by atoms with E-state index in [0.717, 1.165) is 59.4 Å². The molecule has 0 unspecified atom stereocenters. The van der Waals surface area contributed by atoms with Crippen LogP contribution in [0.2, 0.25) is 0 Å². The molecular formula is C26H29N3O4. The number of nitrogens with zero attached hydrogens (tertiary/aromatic N) is 3. The Hall–Kier alpha value is -2.95. The number of nitriles is 1. The van der Waals surface area contributed by atoms with Crippen molar-refractivity contribution in [3.05, 3.63) is 57.1 Å². The first-order valence-corrected chi connectivity index (χ1v) is 11.7. The van der Waals surface area contributed by atoms with Gasteiger partial charge in [0.15, 0.2) is 5.79 Å². The van der Waals surface area contributed by atoms with E-state index < -0.39 is 5.79 Å². The molecule has 0 aromatic heterocycles. The van der Waals surface area contributed by atoms with Gasteiger partial charge >= 0.3 is 0 Å². The Kier molecular flexibility index (Phi) is 5.38. The van der Waals surface area contributed by atoms with Gasteiger partial charge in [-0.2, -0.15) is 5.26 Å². The van der Waals surface area contributed by atoms with Crippen molar-refractivity contribution in [1.29, 1.82) is 5.26 Å². The molecule has 2 fully saturated rings. The maximum absolute atomic E-state index is 11.2. The topological polar surface area (TPSA) is 88.6 Å². The molecule has 0 bridgehead atoms. The van der Waals surface area contributed by atoms with Gasteiger partial charge in [0.2, 0.25) is 0 Å². The van der Waals surface area contributed by atoms with Gasteiger partial charge in [-0.1, -0.05) is 13.8 Å². The van der Waals surface area contributed by atoms with Gasteiger partial charge in [-0.15, -0.1) is 0 Å². The molecular weight excluding hydrogens is 418 g/mol. The van der Waals surface area contributed by atoms with E-state index >= 15 is 0 Å². The summed E-state index contributed by atoms with van der Waals surface area (Å²) in [4.78, 5) is 13.1. The first-order chi connectivity index (χ1) is 15.8. The second kappa shape index (κ2) is 8.12. The third kappa shape index (κ3) is 3.98. The Labute approximate surface area is 194 Å². The lowest BCUT2D eigenvalue weighted by Crippen LogP contribution is -2.50. The van der Waals surface area contributed by atoms with Crippen LogP contribution in [0.25, 0.3) is 11.1 Å². The molecule has 2 saturated heterocycles. The molecule has 0 N–H and O–H groups in total. The average Bonchev–Trinajstić information content (AvgIpc) is 3.35. The van der Waals surface area contributed by atoms with Gasteiger partial charge in [0.25, 0.3) is 5.69 Å². The minimum absolute atomic E-state index is 0.0237. The Bertz CT molecular complexity index is 1120. The lowest BCUT2D eigenvalue weighted by Gasteiger charge is -2.46. The molecule has 2 aromatic carbocycles. The molecule has 2 aromatic rings. The zero-order valence-electron chi connectivity index (χ0n) is 19.2. The maximum Gasteiger partial charge on any atom is 0.269 e. The van der Waals surface area contributed by atoms with Gasteiger partial charge < -0.3 is 14.4 Å². The van der Waals surface area contributed by atoms with Crippen LogP contribution in [0.3, 0.4) is 0 Å². The molecule has 5 rings (SSSR count). The third-order valence-electron chi connectivity index (χ3n) is 7.13. The summed E-state index contributed by atoms with van der Waals surface area (Å²) in [6.45, 7) is 7.42. The molecule has 33 heavy (non-hydrogen) atoms. The van der Waals surface area contributed by atoms with Crippen LogP contribution in [0.4, 0.5) is 11.4 Å². The zero-order chi connectivity index (χ0) is 23.2. The van der Waals surface area contributed by atoms with Gasteiger partial charge in [0, 0.05) is 43.5 Å². The minimum Gasteiger partial charge on any atom is -0.370 e. The number of non-ortho nitro benzene ring substituents is 1. The smallest absolute Gasteiger partial charge is 0.269 e. The predicted octanol–water partition coefficient (Wildman–Crippen LogP) is 4.99. The zero-order valence-corrected chi connectivity index (χ0v) is 19.2. The quantitative estimate of drug-likeness (QED) is 0.486. The van der Waals surface area contributed by atoms with Gasteiger partial charge in [0.05, 0.1) is 29.4 Å². The first kappa shape index (κ1) is 21.9. The number of rotatable bonds is 3. The van der Waals surface area contributed by atoms with E-state index in [-0.39, 0.29) is 16.0 Å². The molecule has 7 heteroatoms. The molecule has 172 valence electrons. The monoisotopic (exact) mass is 447 g/mol. The van der Waals surface area contributed by atoms with Crippen LogP contribution < -0.4 is 4.90 Å². The van der Waals surface area contributed by atoms with Crippen molar-refractivity contribution in [3.8, 4) is 17.2 Å². The van der Waals surface area contributed by atoms with Crippen molar-refractivity contribution in [2.24, 2.45) is 5.41 Å². The van der Waals surface area contributed by atoms with Crippen LogP contribution in [0.1, 0.15) is 49.8 Å². The Morgan fingerprint density at radius 1 is 1.09 bits per heavy atom. The van der Waals surface area contributed by atoms with Crippen LogP contribution in [0.15, 0.2) is 30.3 Å². The second-order valence-electron chi connectivity index (χ2n) is 10.2. The van der Waals surface area contributed by atoms with E-state index in [0.29, 0.717) is 32.5 Å². The Morgan fingerprint density at radius 3 is 2.36 bits per heavy atom. The van der Waals surface area contributed by atoms with E-state index in [4.69, 9.17) is 9.47 Å². The van der Waals surface area contributed by atoms with Crippen LogP contribution in [-0.2, 0) is 22.3 Å². The molecule has 1 aliphatic carbocycles. The Morgan fingerprint density at radius 2 is 1.76 bits per heavy atom. The van der Waals surface area contributed by atoms with Crippen LogP contribution >= 0.6 is 0 Å². The number of nitro benzene ring substituents is 1. The summed E-state index contributed by atoms with van der Waals surface area (Å²) >= 11 is 0. The van der Waals surface area contributed by atoms with Crippen LogP contribution in [0.5, 0.6) is 0 Å². The summed E-state index contributed by atoms with van der Waals surface area (Å²) in [6, 6.07) is 11.3. The lowest BCUT2D eigenvalue weighted by molar-refractivity contribution is -0.384. The maximum atomic E-state index is 11.2. The molecule has 7 nitrogen and oxygen atoms in total. The van der Waals surface area contributed by atoms with Crippen molar-refractivity contribution in [2.45, 2.75) is 51.7 Å². The number of hydrogen-bond acceptors (Lipinski definition) is 6. The molecule has 0 radical (unpaired) electrons. The SMILES string of the molecule is CC1(C)COC2(CCc3c(C#N)c(N4CCCC4)cc(-c4ccc([N+](=O)[O-])cc4)c3C2)OC1. The summed E-state index contributed by atoms with van der Waals surface area (Å²) in [5.74, 6) is -0.681. The highest BCUT2D eigenvalue weighted by Gasteiger charge is 2.44. The van der Waals surface area contributed by atoms with Crippen molar-refractivity contribution >= 4 is 11.4 Å². The normalized spacial score (nSPS) is 20.9. The molecule has 0 saturated carbocycles. The lowest BCUT2D eigenvalue weighted by atomic mass is 9.79. The molecule has 0 amide bonds. The van der Waals surface area contributed by atoms with Crippen molar-refractivity contribution in [2.75, 3.05) is 31.2 Å². The third-order valence-corrected chi connectivity index (χ3v) is 7.13. The van der Waals surface area contributed by atoms with Crippen molar-refractivity contribution in [3.63, 3.8) is 0 Å². The fraction of sp³-hybridized carbons (Fsp3) is 0.500. The molecule has 2 aliphatic heterocycles. The van der Waals surface area contributed by atoms with E-state index in [1.54, 1.807) is 24.3 Å². The minimum atomic E-state index is -0.681. The van der Waals surface area contributed by atoms with E-state index in [2.05, 4.69) is 30.9 Å². The summed E-state index contributed by atoms with van der Waals surface area (Å²) < 4.78 is 12.6. The highest BCUT2D eigenvalue weighted by Crippen LogP contribution is 2.45. The van der Waals surface area contributed by atoms with Gasteiger partial charge in [-0.25, -0.2) is 0 Å². The van der Waals surface area contributed by atoms with E-state index in [1.165, 1.54) is 0 Å². The van der Waals surface area contributed by atoms with Crippen LogP contribution in [0, 0.1) is 26.9 Å². The summed E-state index contributed by atoms with van der Waals surface area (Å²) in [6.07, 6.45) is 4.23. The molecule has 1 spiro atoms.